The number of hydrogen-bond donors (Lipinski definition) is 2. The van der Waals surface area contributed by atoms with Gasteiger partial charge in [0.15, 0.2) is 5.01 Å². The smallest absolute Gasteiger partial charge is 0.249 e. The molecule has 1 amide bonds. The summed E-state index contributed by atoms with van der Waals surface area (Å²) in [5, 5.41) is 8.40. The molecule has 5 rings (SSSR count). The van der Waals surface area contributed by atoms with Crippen LogP contribution in [0.2, 0.25) is 0 Å². The third kappa shape index (κ3) is 6.66. The predicted molar refractivity (Wildman–Crippen MR) is 145 cm³/mol. The van der Waals surface area contributed by atoms with E-state index in [1.165, 1.54) is 28.9 Å². The molecule has 5 aromatic rings. The number of H-pyrrole nitrogens is 1. The lowest BCUT2D eigenvalue weighted by atomic mass is 10.1. The number of benzene rings is 2. The van der Waals surface area contributed by atoms with E-state index in [1.54, 1.807) is 56.1 Å². The zero-order valence-corrected chi connectivity index (χ0v) is 21.5. The number of amides is 1. The summed E-state index contributed by atoms with van der Waals surface area (Å²) in [6, 6.07) is 14.1. The number of carbonyl (C=O) groups excluding carboxylic acids is 2. The van der Waals surface area contributed by atoms with Gasteiger partial charge in [-0.3, -0.25) is 14.4 Å². The summed E-state index contributed by atoms with van der Waals surface area (Å²) in [7, 11) is 3.15. The Kier molecular flexibility index (Phi) is 8.39. The van der Waals surface area contributed by atoms with Crippen LogP contribution in [0.5, 0.6) is 11.5 Å². The zero-order valence-electron chi connectivity index (χ0n) is 19.9. The van der Waals surface area contributed by atoms with Crippen molar-refractivity contribution in [1.29, 1.82) is 0 Å². The number of nitrogens with one attached hydrogen (secondary N) is 2. The zero-order chi connectivity index (χ0) is 26.2. The van der Waals surface area contributed by atoms with Gasteiger partial charge in [-0.1, -0.05) is 6.07 Å². The van der Waals surface area contributed by atoms with E-state index in [-0.39, 0.29) is 23.7 Å². The first-order valence-electron chi connectivity index (χ1n) is 10.9. The molecule has 188 valence electrons. The van der Waals surface area contributed by atoms with E-state index in [1.807, 2.05) is 23.6 Å². The number of carbonyl (C=O) groups is 2. The molecule has 11 heteroatoms. The molecule has 2 N–H and O–H groups in total. The number of fused-ring (bicyclic) bond motifs is 1. The Hall–Kier alpha value is -4.35. The highest BCUT2D eigenvalue weighted by atomic mass is 32.1. The van der Waals surface area contributed by atoms with Crippen molar-refractivity contribution in [3.05, 3.63) is 87.0 Å². The van der Waals surface area contributed by atoms with Crippen LogP contribution in [0, 0.1) is 0 Å². The highest BCUT2D eigenvalue weighted by molar-refractivity contribution is 7.13. The van der Waals surface area contributed by atoms with Crippen molar-refractivity contribution >= 4 is 51.0 Å². The molecule has 0 aliphatic heterocycles. The minimum Gasteiger partial charge on any atom is -0.497 e. The monoisotopic (exact) mass is 534 g/mol. The summed E-state index contributed by atoms with van der Waals surface area (Å²) in [5.41, 5.74) is 2.07. The summed E-state index contributed by atoms with van der Waals surface area (Å²) < 4.78 is 10.2. The van der Waals surface area contributed by atoms with Crippen LogP contribution in [0.15, 0.2) is 76.5 Å². The average molecular weight is 535 g/mol. The first-order chi connectivity index (χ1) is 18.0. The molecule has 3 heterocycles. The van der Waals surface area contributed by atoms with E-state index in [4.69, 9.17) is 9.47 Å². The van der Waals surface area contributed by atoms with Crippen LogP contribution < -0.4 is 20.3 Å². The van der Waals surface area contributed by atoms with Gasteiger partial charge >= 0.3 is 0 Å². The maximum Gasteiger partial charge on any atom is 0.249 e. The van der Waals surface area contributed by atoms with Crippen LogP contribution in [0.1, 0.15) is 16.2 Å². The topological polar surface area (TPSA) is 123 Å². The van der Waals surface area contributed by atoms with E-state index >= 15 is 0 Å². The second-order valence-electron chi connectivity index (χ2n) is 7.51. The molecular weight excluding hydrogens is 512 g/mol. The Morgan fingerprint density at radius 2 is 1.70 bits per heavy atom. The minimum atomic E-state index is -0.367. The van der Waals surface area contributed by atoms with Gasteiger partial charge in [0, 0.05) is 58.0 Å². The lowest BCUT2D eigenvalue weighted by molar-refractivity contribution is -0.115. The molecule has 0 unspecified atom stereocenters. The van der Waals surface area contributed by atoms with Crippen molar-refractivity contribution in [1.82, 2.24) is 15.0 Å². The Labute approximate surface area is 219 Å². The summed E-state index contributed by atoms with van der Waals surface area (Å²) in [6.45, 7) is 0. The van der Waals surface area contributed by atoms with Crippen LogP contribution in [-0.4, -0.2) is 40.9 Å². The normalized spacial score (nSPS) is 10.3. The molecule has 0 radical (unpaired) electrons. The molecular formula is C26H22N4O5S2. The summed E-state index contributed by atoms with van der Waals surface area (Å²) in [5.74, 6) is 0.710. The lowest BCUT2D eigenvalue weighted by Crippen LogP contribution is -2.16. The summed E-state index contributed by atoms with van der Waals surface area (Å²) in [4.78, 5) is 46.0. The van der Waals surface area contributed by atoms with E-state index in [0.29, 0.717) is 16.4 Å². The number of aromatic nitrogens is 3. The Bertz CT molecular complexity index is 1560. The van der Waals surface area contributed by atoms with E-state index in [0.717, 1.165) is 27.2 Å². The van der Waals surface area contributed by atoms with Gasteiger partial charge < -0.3 is 19.8 Å². The van der Waals surface area contributed by atoms with Gasteiger partial charge in [0.05, 0.1) is 26.2 Å². The summed E-state index contributed by atoms with van der Waals surface area (Å²) in [6.07, 6.45) is 3.05. The van der Waals surface area contributed by atoms with Gasteiger partial charge in [-0.25, -0.2) is 9.97 Å². The Morgan fingerprint density at radius 3 is 2.41 bits per heavy atom. The van der Waals surface area contributed by atoms with Gasteiger partial charge in [-0.05, 0) is 24.3 Å². The fourth-order valence-electron chi connectivity index (χ4n) is 3.39. The van der Waals surface area contributed by atoms with E-state index < -0.39 is 0 Å². The molecule has 3 aromatic heterocycles. The van der Waals surface area contributed by atoms with Gasteiger partial charge in [0.25, 0.3) is 0 Å². The highest BCUT2D eigenvalue weighted by Crippen LogP contribution is 2.29. The lowest BCUT2D eigenvalue weighted by Gasteiger charge is -2.06. The molecule has 0 spiro atoms. The van der Waals surface area contributed by atoms with Crippen molar-refractivity contribution in [2.45, 2.75) is 6.42 Å². The van der Waals surface area contributed by atoms with Gasteiger partial charge in [-0.2, -0.15) is 0 Å². The number of Topliss-reactive ketones (excluding diaryl/α,β-unsaturated/α-hetero) is 1. The minimum absolute atomic E-state index is 0.138. The second kappa shape index (κ2) is 12.1. The quantitative estimate of drug-likeness (QED) is 0.222. The number of pyridine rings is 1. The molecule has 2 aromatic carbocycles. The van der Waals surface area contributed by atoms with Crippen molar-refractivity contribution in [3.63, 3.8) is 0 Å². The number of methoxy groups -OCH3 is 2. The first-order valence-corrected chi connectivity index (χ1v) is 12.7. The number of ether oxygens (including phenoxy) is 2. The van der Waals surface area contributed by atoms with Gasteiger partial charge in [-0.15, -0.1) is 22.7 Å². The number of hydrogen-bond acceptors (Lipinski definition) is 9. The van der Waals surface area contributed by atoms with Crippen molar-refractivity contribution in [2.24, 2.45) is 0 Å². The van der Waals surface area contributed by atoms with Gasteiger partial charge in [0.2, 0.25) is 17.2 Å². The number of rotatable bonds is 7. The SMILES string of the molecule is COc1ccc2c(-c3nccs3)cc(=O)[nH]c2c1.COc1cccc(NC(=O)CC(=O)c2nccs2)c1. The van der Waals surface area contributed by atoms with Crippen LogP contribution in [0.3, 0.4) is 0 Å². The highest BCUT2D eigenvalue weighted by Gasteiger charge is 2.14. The maximum absolute atomic E-state index is 11.7. The van der Waals surface area contributed by atoms with E-state index in [9.17, 15) is 14.4 Å². The third-order valence-electron chi connectivity index (χ3n) is 5.06. The van der Waals surface area contributed by atoms with Crippen molar-refractivity contribution < 1.29 is 19.1 Å². The molecule has 0 saturated heterocycles. The average Bonchev–Trinajstić information content (AvgIpc) is 3.63. The second-order valence-corrected chi connectivity index (χ2v) is 9.30. The number of ketones is 1. The number of anilines is 1. The van der Waals surface area contributed by atoms with Crippen LogP contribution in [-0.2, 0) is 4.79 Å². The Balaban J connectivity index is 0.000000173. The fraction of sp³-hybridized carbons (Fsp3) is 0.115. The number of aromatic amines is 1. The molecule has 0 aliphatic rings. The molecule has 0 atom stereocenters. The molecule has 9 nitrogen and oxygen atoms in total. The van der Waals surface area contributed by atoms with Gasteiger partial charge in [0.1, 0.15) is 16.5 Å². The van der Waals surface area contributed by atoms with Crippen molar-refractivity contribution in [2.75, 3.05) is 19.5 Å². The van der Waals surface area contributed by atoms with Crippen LogP contribution >= 0.6 is 22.7 Å². The molecule has 0 bridgehead atoms. The largest absolute Gasteiger partial charge is 0.497 e. The molecule has 37 heavy (non-hydrogen) atoms. The standard InChI is InChI=1S/C13H12N2O3S.C13H10N2O2S/c1-18-10-4-2-3-9(7-10)15-12(17)8-11(16)13-14-5-6-19-13;1-17-8-2-3-9-10(13-14-4-5-18-13)7-12(16)15-11(9)6-8/h2-7H,8H2,1H3,(H,15,17);2-7H,1H3,(H,15,16). The molecule has 0 fully saturated rings. The van der Waals surface area contributed by atoms with Crippen LogP contribution in [0.4, 0.5) is 5.69 Å². The predicted octanol–water partition coefficient (Wildman–Crippen LogP) is 5.02. The third-order valence-corrected chi connectivity index (χ3v) is 6.68. The summed E-state index contributed by atoms with van der Waals surface area (Å²) >= 11 is 2.74. The number of thiazole rings is 2. The first kappa shape index (κ1) is 25.7. The fourth-order valence-corrected chi connectivity index (χ4v) is 4.63. The van der Waals surface area contributed by atoms with E-state index in [2.05, 4.69) is 20.3 Å². The van der Waals surface area contributed by atoms with Crippen molar-refractivity contribution in [3.8, 4) is 22.1 Å². The Morgan fingerprint density at radius 1 is 0.946 bits per heavy atom. The number of nitrogens with zero attached hydrogens (tertiary/aromatic N) is 2. The van der Waals surface area contributed by atoms with Crippen LogP contribution in [0.25, 0.3) is 21.5 Å². The molecule has 0 saturated carbocycles. The maximum atomic E-state index is 11.7. The molecule has 0 aliphatic carbocycles.